The summed E-state index contributed by atoms with van der Waals surface area (Å²) in [5, 5.41) is 8.65. The van der Waals surface area contributed by atoms with E-state index in [1.165, 1.54) is 6.07 Å². The summed E-state index contributed by atoms with van der Waals surface area (Å²) >= 11 is 0. The lowest BCUT2D eigenvalue weighted by molar-refractivity contribution is 0.0943. The number of rotatable bonds is 2. The highest BCUT2D eigenvalue weighted by Crippen LogP contribution is 1.99. The van der Waals surface area contributed by atoms with Crippen molar-refractivity contribution in [1.82, 2.24) is 15.5 Å². The number of carbonyl (C=O) groups is 1. The van der Waals surface area contributed by atoms with Crippen molar-refractivity contribution in [3.63, 3.8) is 0 Å². The Hall–Kier alpha value is -1.96. The summed E-state index contributed by atoms with van der Waals surface area (Å²) in [6.07, 6.45) is 5.09. The van der Waals surface area contributed by atoms with Crippen LogP contribution < -0.4 is 11.1 Å². The third-order valence-corrected chi connectivity index (χ3v) is 1.44. The van der Waals surface area contributed by atoms with Crippen molar-refractivity contribution in [3.8, 4) is 12.3 Å². The molecule has 5 heteroatoms. The molecule has 13 heavy (non-hydrogen) atoms. The van der Waals surface area contributed by atoms with Gasteiger partial charge < -0.3 is 11.1 Å². The van der Waals surface area contributed by atoms with Crippen molar-refractivity contribution in [2.24, 2.45) is 0 Å². The van der Waals surface area contributed by atoms with Gasteiger partial charge in [0.15, 0.2) is 0 Å². The lowest BCUT2D eigenvalue weighted by atomic mass is 10.3. The molecule has 0 bridgehead atoms. The van der Waals surface area contributed by atoms with E-state index in [9.17, 15) is 4.79 Å². The van der Waals surface area contributed by atoms with Gasteiger partial charge in [0.25, 0.3) is 5.91 Å². The van der Waals surface area contributed by atoms with E-state index in [1.54, 1.807) is 6.92 Å². The average Bonchev–Trinajstić information content (AvgIpc) is 2.51. The molecule has 0 spiro atoms. The maximum atomic E-state index is 11.3. The van der Waals surface area contributed by atoms with Gasteiger partial charge in [0.2, 0.25) is 0 Å². The highest BCUT2D eigenvalue weighted by Gasteiger charge is 2.09. The molecule has 1 amide bonds. The first-order chi connectivity index (χ1) is 6.13. The molecule has 1 atom stereocenters. The normalized spacial score (nSPS) is 11.7. The molecule has 0 aliphatic rings. The number of anilines is 1. The fraction of sp³-hybridized carbons (Fsp3) is 0.250. The highest BCUT2D eigenvalue weighted by atomic mass is 16.2. The Morgan fingerprint density at radius 1 is 1.92 bits per heavy atom. The first-order valence-corrected chi connectivity index (χ1v) is 3.71. The van der Waals surface area contributed by atoms with E-state index in [1.807, 2.05) is 0 Å². The van der Waals surface area contributed by atoms with Gasteiger partial charge in [-0.25, -0.2) is 0 Å². The number of aromatic amines is 1. The molecular weight excluding hydrogens is 168 g/mol. The molecule has 0 aromatic carbocycles. The average molecular weight is 178 g/mol. The van der Waals surface area contributed by atoms with E-state index in [-0.39, 0.29) is 17.8 Å². The molecule has 0 aliphatic heterocycles. The Morgan fingerprint density at radius 3 is 3.08 bits per heavy atom. The molecule has 1 aromatic rings. The van der Waals surface area contributed by atoms with Crippen LogP contribution in [0.5, 0.6) is 0 Å². The summed E-state index contributed by atoms with van der Waals surface area (Å²) in [6, 6.07) is 1.13. The van der Waals surface area contributed by atoms with Gasteiger partial charge in [-0.1, -0.05) is 5.92 Å². The lowest BCUT2D eigenvalue weighted by Crippen LogP contribution is -2.31. The van der Waals surface area contributed by atoms with Crippen molar-refractivity contribution in [2.45, 2.75) is 13.0 Å². The third-order valence-electron chi connectivity index (χ3n) is 1.44. The van der Waals surface area contributed by atoms with Crippen molar-refractivity contribution >= 4 is 11.7 Å². The number of nitrogens with one attached hydrogen (secondary N) is 2. The molecule has 1 aromatic heterocycles. The predicted molar refractivity (Wildman–Crippen MR) is 48.8 cm³/mol. The minimum atomic E-state index is -0.311. The van der Waals surface area contributed by atoms with Crippen molar-refractivity contribution in [1.29, 1.82) is 0 Å². The van der Waals surface area contributed by atoms with Gasteiger partial charge in [0.05, 0.1) is 6.04 Å². The van der Waals surface area contributed by atoms with E-state index in [0.29, 0.717) is 5.69 Å². The van der Waals surface area contributed by atoms with Gasteiger partial charge in [0.1, 0.15) is 11.5 Å². The van der Waals surface area contributed by atoms with Gasteiger partial charge >= 0.3 is 0 Å². The van der Waals surface area contributed by atoms with Crippen LogP contribution in [0.25, 0.3) is 0 Å². The molecule has 0 radical (unpaired) electrons. The molecule has 0 fully saturated rings. The Bertz CT molecular complexity index is 349. The zero-order chi connectivity index (χ0) is 9.84. The Kier molecular flexibility index (Phi) is 2.55. The molecule has 0 saturated heterocycles. The van der Waals surface area contributed by atoms with Gasteiger partial charge in [-0.3, -0.25) is 9.89 Å². The van der Waals surface area contributed by atoms with Crippen LogP contribution in [-0.4, -0.2) is 22.1 Å². The topological polar surface area (TPSA) is 83.8 Å². The molecule has 0 aliphatic carbocycles. The van der Waals surface area contributed by atoms with Crippen molar-refractivity contribution < 1.29 is 4.79 Å². The number of carbonyl (C=O) groups excluding carboxylic acids is 1. The van der Waals surface area contributed by atoms with Gasteiger partial charge in [-0.05, 0) is 6.92 Å². The standard InChI is InChI=1S/C8H10N4O/c1-3-5(2)10-8(13)6-4-7(9)12-11-6/h1,4-5H,2H3,(H,10,13)(H3,9,11,12). The van der Waals surface area contributed by atoms with Crippen LogP contribution in [0, 0.1) is 12.3 Å². The van der Waals surface area contributed by atoms with Crippen LogP contribution in [-0.2, 0) is 0 Å². The van der Waals surface area contributed by atoms with Crippen LogP contribution in [0.3, 0.4) is 0 Å². The molecule has 1 rings (SSSR count). The smallest absolute Gasteiger partial charge is 0.270 e. The molecule has 1 heterocycles. The second-order valence-electron chi connectivity index (χ2n) is 2.57. The number of H-pyrrole nitrogens is 1. The summed E-state index contributed by atoms with van der Waals surface area (Å²) in [5.41, 5.74) is 5.62. The minimum Gasteiger partial charge on any atom is -0.382 e. The fourth-order valence-corrected chi connectivity index (χ4v) is 0.770. The van der Waals surface area contributed by atoms with Gasteiger partial charge in [0, 0.05) is 6.07 Å². The van der Waals surface area contributed by atoms with Crippen LogP contribution in [0.15, 0.2) is 6.07 Å². The number of nitrogen functional groups attached to an aromatic ring is 1. The third kappa shape index (κ3) is 2.24. The van der Waals surface area contributed by atoms with Crippen LogP contribution in [0.2, 0.25) is 0 Å². The number of aromatic nitrogens is 2. The number of hydrogen-bond donors (Lipinski definition) is 3. The van der Waals surface area contributed by atoms with Crippen LogP contribution in [0.1, 0.15) is 17.4 Å². The number of nitrogens with two attached hydrogens (primary N) is 1. The molecule has 4 N–H and O–H groups in total. The second kappa shape index (κ2) is 3.63. The highest BCUT2D eigenvalue weighted by molar-refractivity contribution is 5.93. The zero-order valence-electron chi connectivity index (χ0n) is 7.16. The first kappa shape index (κ1) is 9.13. The quantitative estimate of drug-likeness (QED) is 0.546. The monoisotopic (exact) mass is 178 g/mol. The summed E-state index contributed by atoms with van der Waals surface area (Å²) in [5.74, 6) is 2.34. The summed E-state index contributed by atoms with van der Waals surface area (Å²) in [4.78, 5) is 11.3. The molecule has 1 unspecified atom stereocenters. The second-order valence-corrected chi connectivity index (χ2v) is 2.57. The maximum absolute atomic E-state index is 11.3. The van der Waals surface area contributed by atoms with E-state index >= 15 is 0 Å². The van der Waals surface area contributed by atoms with Crippen LogP contribution >= 0.6 is 0 Å². The maximum Gasteiger partial charge on any atom is 0.270 e. The fourth-order valence-electron chi connectivity index (χ4n) is 0.770. The van der Waals surface area contributed by atoms with Crippen LogP contribution in [0.4, 0.5) is 5.82 Å². The van der Waals surface area contributed by atoms with Gasteiger partial charge in [-0.2, -0.15) is 5.10 Å². The molecule has 68 valence electrons. The predicted octanol–water partition coefficient (Wildman–Crippen LogP) is -0.257. The summed E-state index contributed by atoms with van der Waals surface area (Å²) in [6.45, 7) is 1.71. The Morgan fingerprint density at radius 2 is 2.62 bits per heavy atom. The Balaban J connectivity index is 2.65. The van der Waals surface area contributed by atoms with Gasteiger partial charge in [-0.15, -0.1) is 6.42 Å². The first-order valence-electron chi connectivity index (χ1n) is 3.71. The van der Waals surface area contributed by atoms with E-state index in [0.717, 1.165) is 0 Å². The minimum absolute atomic E-state index is 0.276. The lowest BCUT2D eigenvalue weighted by Gasteiger charge is -2.04. The summed E-state index contributed by atoms with van der Waals surface area (Å²) in [7, 11) is 0. The molecule has 0 saturated carbocycles. The number of hydrogen-bond acceptors (Lipinski definition) is 3. The van der Waals surface area contributed by atoms with E-state index < -0.39 is 0 Å². The number of nitrogens with zero attached hydrogens (tertiary/aromatic N) is 1. The Labute approximate surface area is 75.7 Å². The molecule has 5 nitrogen and oxygen atoms in total. The number of amides is 1. The molecular formula is C8H10N4O. The zero-order valence-corrected chi connectivity index (χ0v) is 7.16. The van der Waals surface area contributed by atoms with Crippen molar-refractivity contribution in [2.75, 3.05) is 5.73 Å². The SMILES string of the molecule is C#CC(C)NC(=O)c1cc(N)n[nH]1. The van der Waals surface area contributed by atoms with E-state index in [2.05, 4.69) is 21.4 Å². The largest absolute Gasteiger partial charge is 0.382 e. The van der Waals surface area contributed by atoms with E-state index in [4.69, 9.17) is 12.2 Å². The number of terminal acetylenes is 1. The summed E-state index contributed by atoms with van der Waals surface area (Å²) < 4.78 is 0. The van der Waals surface area contributed by atoms with Crippen molar-refractivity contribution in [3.05, 3.63) is 11.8 Å².